The Bertz CT molecular complexity index is 391. The molecular formula is C15H25N3O. The molecule has 0 saturated carbocycles. The second kappa shape index (κ2) is 6.35. The van der Waals surface area contributed by atoms with Crippen LogP contribution in [0.3, 0.4) is 0 Å². The normalized spacial score (nSPS) is 21.6. The van der Waals surface area contributed by atoms with Crippen molar-refractivity contribution in [1.82, 2.24) is 9.88 Å². The molecule has 1 aliphatic heterocycles. The second-order valence-electron chi connectivity index (χ2n) is 5.43. The first-order chi connectivity index (χ1) is 9.11. The van der Waals surface area contributed by atoms with Crippen molar-refractivity contribution in [3.05, 3.63) is 23.9 Å². The average molecular weight is 263 g/mol. The Kier molecular flexibility index (Phi) is 4.77. The molecule has 0 spiro atoms. The fourth-order valence-electron chi connectivity index (χ4n) is 2.80. The summed E-state index contributed by atoms with van der Waals surface area (Å²) in [6.07, 6.45) is 3.91. The molecule has 0 aliphatic carbocycles. The summed E-state index contributed by atoms with van der Waals surface area (Å²) in [7, 11) is 2.09. The van der Waals surface area contributed by atoms with E-state index in [9.17, 15) is 5.11 Å². The number of hydrogen-bond donors (Lipinski definition) is 1. The van der Waals surface area contributed by atoms with E-state index in [0.29, 0.717) is 6.04 Å². The number of likely N-dealkylation sites (tertiary alicyclic amines) is 1. The van der Waals surface area contributed by atoms with Gasteiger partial charge in [0.25, 0.3) is 0 Å². The SMILES string of the molecule is CCN1CCCC1CN(C)c1ccc([C@@H](C)O)cn1. The predicted molar refractivity (Wildman–Crippen MR) is 78.4 cm³/mol. The van der Waals surface area contributed by atoms with Gasteiger partial charge in [-0.15, -0.1) is 0 Å². The lowest BCUT2D eigenvalue weighted by Crippen LogP contribution is -2.39. The van der Waals surface area contributed by atoms with Crippen LogP contribution in [0.4, 0.5) is 5.82 Å². The molecule has 2 heterocycles. The molecule has 1 saturated heterocycles. The summed E-state index contributed by atoms with van der Waals surface area (Å²) in [5.41, 5.74) is 0.869. The fourth-order valence-corrected chi connectivity index (χ4v) is 2.80. The van der Waals surface area contributed by atoms with Crippen LogP contribution in [-0.4, -0.2) is 47.7 Å². The lowest BCUT2D eigenvalue weighted by atomic mass is 10.2. The van der Waals surface area contributed by atoms with Gasteiger partial charge in [0, 0.05) is 25.8 Å². The van der Waals surface area contributed by atoms with Gasteiger partial charge in [-0.3, -0.25) is 4.90 Å². The molecular weight excluding hydrogens is 238 g/mol. The Balaban J connectivity index is 1.97. The van der Waals surface area contributed by atoms with Crippen LogP contribution in [0.1, 0.15) is 38.4 Å². The van der Waals surface area contributed by atoms with Gasteiger partial charge in [0.15, 0.2) is 0 Å². The van der Waals surface area contributed by atoms with Crippen LogP contribution in [0.25, 0.3) is 0 Å². The molecule has 2 atom stereocenters. The average Bonchev–Trinajstić information content (AvgIpc) is 2.86. The quantitative estimate of drug-likeness (QED) is 0.882. The predicted octanol–water partition coefficient (Wildman–Crippen LogP) is 2.06. The summed E-state index contributed by atoms with van der Waals surface area (Å²) >= 11 is 0. The first-order valence-corrected chi connectivity index (χ1v) is 7.21. The van der Waals surface area contributed by atoms with Crippen molar-refractivity contribution in [2.24, 2.45) is 0 Å². The monoisotopic (exact) mass is 263 g/mol. The Labute approximate surface area is 116 Å². The number of rotatable bonds is 5. The molecule has 1 unspecified atom stereocenters. The summed E-state index contributed by atoms with van der Waals surface area (Å²) in [6.45, 7) is 7.37. The third-order valence-electron chi connectivity index (χ3n) is 4.03. The number of likely N-dealkylation sites (N-methyl/N-ethyl adjacent to an activating group) is 2. The van der Waals surface area contributed by atoms with Crippen LogP contribution in [0.15, 0.2) is 18.3 Å². The number of nitrogens with zero attached hydrogens (tertiary/aromatic N) is 3. The van der Waals surface area contributed by atoms with E-state index in [4.69, 9.17) is 0 Å². The zero-order chi connectivity index (χ0) is 13.8. The summed E-state index contributed by atoms with van der Waals surface area (Å²) in [6, 6.07) is 4.59. The molecule has 19 heavy (non-hydrogen) atoms. The highest BCUT2D eigenvalue weighted by Crippen LogP contribution is 2.20. The molecule has 1 aliphatic rings. The summed E-state index contributed by atoms with van der Waals surface area (Å²) in [5.74, 6) is 0.979. The molecule has 0 aromatic carbocycles. The van der Waals surface area contributed by atoms with Gasteiger partial charge in [-0.05, 0) is 44.5 Å². The van der Waals surface area contributed by atoms with E-state index in [1.165, 1.54) is 19.4 Å². The van der Waals surface area contributed by atoms with Crippen LogP contribution in [0.2, 0.25) is 0 Å². The van der Waals surface area contributed by atoms with E-state index >= 15 is 0 Å². The number of pyridine rings is 1. The van der Waals surface area contributed by atoms with E-state index < -0.39 is 6.10 Å². The minimum absolute atomic E-state index is 0.447. The first-order valence-electron chi connectivity index (χ1n) is 7.21. The van der Waals surface area contributed by atoms with Gasteiger partial charge in [-0.1, -0.05) is 13.0 Å². The first kappa shape index (κ1) is 14.3. The molecule has 0 bridgehead atoms. The van der Waals surface area contributed by atoms with Crippen molar-refractivity contribution >= 4 is 5.82 Å². The highest BCUT2D eigenvalue weighted by molar-refractivity contribution is 5.38. The minimum atomic E-state index is -0.447. The van der Waals surface area contributed by atoms with Gasteiger partial charge in [0.05, 0.1) is 6.10 Å². The second-order valence-corrected chi connectivity index (χ2v) is 5.43. The van der Waals surface area contributed by atoms with Crippen molar-refractivity contribution in [2.45, 2.75) is 38.8 Å². The summed E-state index contributed by atoms with van der Waals surface area (Å²) in [5, 5.41) is 9.49. The molecule has 1 aromatic heterocycles. The molecule has 1 aromatic rings. The van der Waals surface area contributed by atoms with Gasteiger partial charge in [-0.25, -0.2) is 4.98 Å². The Morgan fingerprint density at radius 2 is 2.32 bits per heavy atom. The van der Waals surface area contributed by atoms with E-state index in [2.05, 4.69) is 28.8 Å². The number of aliphatic hydroxyl groups excluding tert-OH is 1. The van der Waals surface area contributed by atoms with Gasteiger partial charge in [0.2, 0.25) is 0 Å². The molecule has 0 amide bonds. The summed E-state index contributed by atoms with van der Waals surface area (Å²) < 4.78 is 0. The number of anilines is 1. The Morgan fingerprint density at radius 3 is 2.89 bits per heavy atom. The van der Waals surface area contributed by atoms with Gasteiger partial charge in [-0.2, -0.15) is 0 Å². The van der Waals surface area contributed by atoms with Crippen molar-refractivity contribution in [2.75, 3.05) is 31.6 Å². The maximum absolute atomic E-state index is 9.49. The molecule has 4 nitrogen and oxygen atoms in total. The van der Waals surface area contributed by atoms with Gasteiger partial charge in [0.1, 0.15) is 5.82 Å². The molecule has 4 heteroatoms. The molecule has 106 valence electrons. The minimum Gasteiger partial charge on any atom is -0.389 e. The standard InChI is InChI=1S/C15H25N3O/c1-4-18-9-5-6-14(18)11-17(3)15-8-7-13(10-16-15)12(2)19/h7-8,10,12,14,19H,4-6,9,11H2,1-3H3/t12-,14?/m1/s1. The van der Waals surface area contributed by atoms with Crippen LogP contribution in [-0.2, 0) is 0 Å². The van der Waals surface area contributed by atoms with Gasteiger partial charge >= 0.3 is 0 Å². The van der Waals surface area contributed by atoms with Crippen molar-refractivity contribution in [1.29, 1.82) is 0 Å². The highest BCUT2D eigenvalue weighted by Gasteiger charge is 2.24. The van der Waals surface area contributed by atoms with E-state index in [1.54, 1.807) is 13.1 Å². The number of aliphatic hydroxyl groups is 1. The zero-order valence-corrected chi connectivity index (χ0v) is 12.2. The largest absolute Gasteiger partial charge is 0.389 e. The zero-order valence-electron chi connectivity index (χ0n) is 12.2. The number of hydrogen-bond acceptors (Lipinski definition) is 4. The van der Waals surface area contributed by atoms with E-state index in [0.717, 1.165) is 24.5 Å². The van der Waals surface area contributed by atoms with Crippen LogP contribution < -0.4 is 4.90 Å². The summed E-state index contributed by atoms with van der Waals surface area (Å²) in [4.78, 5) is 9.20. The van der Waals surface area contributed by atoms with Crippen LogP contribution in [0, 0.1) is 0 Å². The topological polar surface area (TPSA) is 39.6 Å². The van der Waals surface area contributed by atoms with Crippen LogP contribution in [0.5, 0.6) is 0 Å². The maximum atomic E-state index is 9.49. The number of aromatic nitrogens is 1. The Morgan fingerprint density at radius 1 is 1.53 bits per heavy atom. The highest BCUT2D eigenvalue weighted by atomic mass is 16.3. The lowest BCUT2D eigenvalue weighted by Gasteiger charge is -2.28. The van der Waals surface area contributed by atoms with E-state index in [1.807, 2.05) is 12.1 Å². The third-order valence-corrected chi connectivity index (χ3v) is 4.03. The van der Waals surface area contributed by atoms with Crippen molar-refractivity contribution in [3.63, 3.8) is 0 Å². The molecule has 1 N–H and O–H groups in total. The molecule has 2 rings (SSSR count). The molecule has 0 radical (unpaired) electrons. The molecule has 1 fully saturated rings. The van der Waals surface area contributed by atoms with E-state index in [-0.39, 0.29) is 0 Å². The van der Waals surface area contributed by atoms with Crippen LogP contribution >= 0.6 is 0 Å². The fraction of sp³-hybridized carbons (Fsp3) is 0.667. The van der Waals surface area contributed by atoms with Crippen molar-refractivity contribution in [3.8, 4) is 0 Å². The Hall–Kier alpha value is -1.13. The van der Waals surface area contributed by atoms with Crippen molar-refractivity contribution < 1.29 is 5.11 Å². The van der Waals surface area contributed by atoms with Gasteiger partial charge < -0.3 is 10.0 Å². The maximum Gasteiger partial charge on any atom is 0.128 e. The smallest absolute Gasteiger partial charge is 0.128 e. The third kappa shape index (κ3) is 3.45. The lowest BCUT2D eigenvalue weighted by molar-refractivity contribution is 0.199.